The van der Waals surface area contributed by atoms with E-state index in [4.69, 9.17) is 9.47 Å². The van der Waals surface area contributed by atoms with E-state index in [1.54, 1.807) is 0 Å². The second-order valence-corrected chi connectivity index (χ2v) is 4.81. The summed E-state index contributed by atoms with van der Waals surface area (Å²) < 4.78 is 11.7. The monoisotopic (exact) mass is 300 g/mol. The number of hydrogen-bond acceptors (Lipinski definition) is 2. The molecule has 2 aromatic carbocycles. The number of hydrogen-bond donors (Lipinski definition) is 0. The fourth-order valence-corrected chi connectivity index (χ4v) is 1.98. The first-order valence-electron chi connectivity index (χ1n) is 8.19. The Labute approximate surface area is 135 Å². The maximum absolute atomic E-state index is 5.87. The van der Waals surface area contributed by atoms with E-state index in [1.807, 2.05) is 50.2 Å². The molecule has 2 heteroatoms. The topological polar surface area (TPSA) is 18.5 Å². The van der Waals surface area contributed by atoms with E-state index in [-0.39, 0.29) is 6.29 Å². The predicted octanol–water partition coefficient (Wildman–Crippen LogP) is 5.57. The molecule has 2 aromatic rings. The summed E-state index contributed by atoms with van der Waals surface area (Å²) in [6.07, 6.45) is 1.83. The highest BCUT2D eigenvalue weighted by molar-refractivity contribution is 5.14. The zero-order valence-corrected chi connectivity index (χ0v) is 14.0. The van der Waals surface area contributed by atoms with E-state index < -0.39 is 0 Å². The van der Waals surface area contributed by atoms with Crippen molar-refractivity contribution in [2.24, 2.45) is 0 Å². The van der Waals surface area contributed by atoms with E-state index in [0.29, 0.717) is 13.2 Å². The average Bonchev–Trinajstić information content (AvgIpc) is 2.61. The van der Waals surface area contributed by atoms with Crippen molar-refractivity contribution in [3.8, 4) is 0 Å². The molecule has 0 unspecified atom stereocenters. The minimum atomic E-state index is -0.139. The second kappa shape index (κ2) is 12.0. The summed E-state index contributed by atoms with van der Waals surface area (Å²) >= 11 is 0. The fraction of sp³-hybridized carbons (Fsp3) is 0.400. The van der Waals surface area contributed by atoms with Crippen molar-refractivity contribution < 1.29 is 9.47 Å². The lowest BCUT2D eigenvalue weighted by molar-refractivity contribution is -0.160. The molecule has 0 aliphatic rings. The highest BCUT2D eigenvalue weighted by Gasteiger charge is 2.08. The summed E-state index contributed by atoms with van der Waals surface area (Å²) in [5.41, 5.74) is 2.36. The van der Waals surface area contributed by atoms with Crippen molar-refractivity contribution in [3.63, 3.8) is 0 Å². The summed E-state index contributed by atoms with van der Waals surface area (Å²) in [5, 5.41) is 0. The van der Waals surface area contributed by atoms with Gasteiger partial charge in [-0.3, -0.25) is 0 Å². The lowest BCUT2D eigenvalue weighted by atomic mass is 10.2. The van der Waals surface area contributed by atoms with Gasteiger partial charge < -0.3 is 9.47 Å². The first-order chi connectivity index (χ1) is 10.9. The molecule has 0 amide bonds. The van der Waals surface area contributed by atoms with Crippen molar-refractivity contribution in [1.29, 1.82) is 0 Å². The maximum atomic E-state index is 5.87. The Kier molecular flexibility index (Phi) is 10.0. The third-order valence-corrected chi connectivity index (χ3v) is 3.08. The van der Waals surface area contributed by atoms with Crippen LogP contribution in [0.2, 0.25) is 0 Å². The third-order valence-electron chi connectivity index (χ3n) is 3.08. The van der Waals surface area contributed by atoms with Gasteiger partial charge in [-0.2, -0.15) is 0 Å². The number of benzene rings is 2. The van der Waals surface area contributed by atoms with Gasteiger partial charge >= 0.3 is 0 Å². The second-order valence-electron chi connectivity index (χ2n) is 4.81. The molecule has 0 aliphatic carbocycles. The average molecular weight is 300 g/mol. The molecule has 2 nitrogen and oxygen atoms in total. The quantitative estimate of drug-likeness (QED) is 0.593. The first kappa shape index (κ1) is 18.4. The molecule has 2 rings (SSSR count). The maximum Gasteiger partial charge on any atom is 0.158 e. The molecule has 0 fully saturated rings. The van der Waals surface area contributed by atoms with Crippen LogP contribution in [0.3, 0.4) is 0 Å². The van der Waals surface area contributed by atoms with Gasteiger partial charge in [-0.15, -0.1) is 0 Å². The van der Waals surface area contributed by atoms with Crippen LogP contribution in [0.25, 0.3) is 0 Å². The number of rotatable bonds is 8. The van der Waals surface area contributed by atoms with Gasteiger partial charge in [0.2, 0.25) is 0 Å². The first-order valence-corrected chi connectivity index (χ1v) is 8.19. The lowest BCUT2D eigenvalue weighted by Crippen LogP contribution is -2.17. The van der Waals surface area contributed by atoms with Gasteiger partial charge in [0.15, 0.2) is 6.29 Å². The van der Waals surface area contributed by atoms with Gasteiger partial charge in [0.05, 0.1) is 13.2 Å². The molecule has 0 aromatic heterocycles. The minimum Gasteiger partial charge on any atom is -0.348 e. The molecule has 0 atom stereocenters. The van der Waals surface area contributed by atoms with E-state index in [0.717, 1.165) is 12.8 Å². The molecule has 0 bridgehead atoms. The summed E-state index contributed by atoms with van der Waals surface area (Å²) in [5.74, 6) is 0. The van der Waals surface area contributed by atoms with Crippen molar-refractivity contribution in [2.45, 2.75) is 53.1 Å². The molecule has 120 valence electrons. The standard InChI is InChI=1S/C18H22O2.C2H6/c1-2-9-18(19-14-16-10-5-3-6-11-16)20-15-17-12-7-4-8-13-17;1-2/h3-8,10-13,18H,2,9,14-15H2,1H3;1-2H3. The van der Waals surface area contributed by atoms with Gasteiger partial charge in [-0.25, -0.2) is 0 Å². The fourth-order valence-electron chi connectivity index (χ4n) is 1.98. The highest BCUT2D eigenvalue weighted by Crippen LogP contribution is 2.11. The van der Waals surface area contributed by atoms with Crippen LogP contribution in [0.1, 0.15) is 44.7 Å². The molecule has 22 heavy (non-hydrogen) atoms. The third kappa shape index (κ3) is 7.39. The zero-order chi connectivity index (χ0) is 16.0. The zero-order valence-electron chi connectivity index (χ0n) is 14.0. The smallest absolute Gasteiger partial charge is 0.158 e. The van der Waals surface area contributed by atoms with Gasteiger partial charge in [0.25, 0.3) is 0 Å². The Balaban J connectivity index is 0.00000116. The van der Waals surface area contributed by atoms with Crippen molar-refractivity contribution in [2.75, 3.05) is 0 Å². The molecule has 0 heterocycles. The Bertz CT molecular complexity index is 424. The van der Waals surface area contributed by atoms with E-state index in [9.17, 15) is 0 Å². The molecule has 0 saturated carbocycles. The van der Waals surface area contributed by atoms with Crippen LogP contribution in [0.15, 0.2) is 60.7 Å². The van der Waals surface area contributed by atoms with Crippen LogP contribution >= 0.6 is 0 Å². The summed E-state index contributed by atoms with van der Waals surface area (Å²) in [6, 6.07) is 20.4. The van der Waals surface area contributed by atoms with Gasteiger partial charge in [-0.05, 0) is 17.5 Å². The summed E-state index contributed by atoms with van der Waals surface area (Å²) in [7, 11) is 0. The normalized spacial score (nSPS) is 10.2. The van der Waals surface area contributed by atoms with Crippen molar-refractivity contribution in [1.82, 2.24) is 0 Å². The van der Waals surface area contributed by atoms with Crippen LogP contribution in [-0.2, 0) is 22.7 Å². The SMILES string of the molecule is CC.CCCC(OCc1ccccc1)OCc1ccccc1. The molecule has 0 N–H and O–H groups in total. The van der Waals surface area contributed by atoms with E-state index in [1.165, 1.54) is 11.1 Å². The van der Waals surface area contributed by atoms with Gasteiger partial charge in [0.1, 0.15) is 0 Å². The van der Waals surface area contributed by atoms with Gasteiger partial charge in [0, 0.05) is 0 Å². The van der Waals surface area contributed by atoms with Crippen LogP contribution < -0.4 is 0 Å². The summed E-state index contributed by atoms with van der Waals surface area (Å²) in [4.78, 5) is 0. The largest absolute Gasteiger partial charge is 0.348 e. The Morgan fingerprint density at radius 2 is 1.14 bits per heavy atom. The lowest BCUT2D eigenvalue weighted by Gasteiger charge is -2.18. The highest BCUT2D eigenvalue weighted by atomic mass is 16.7. The number of ether oxygens (including phenoxy) is 2. The summed E-state index contributed by atoms with van der Waals surface area (Å²) in [6.45, 7) is 7.34. The molecular weight excluding hydrogens is 272 g/mol. The van der Waals surface area contributed by atoms with Crippen molar-refractivity contribution >= 4 is 0 Å². The Morgan fingerprint density at radius 3 is 1.50 bits per heavy atom. The van der Waals surface area contributed by atoms with Crippen molar-refractivity contribution in [3.05, 3.63) is 71.8 Å². The van der Waals surface area contributed by atoms with Gasteiger partial charge in [-0.1, -0.05) is 87.9 Å². The minimum absolute atomic E-state index is 0.139. The molecule has 0 saturated heterocycles. The van der Waals surface area contributed by atoms with Crippen LogP contribution in [0.5, 0.6) is 0 Å². The predicted molar refractivity (Wildman–Crippen MR) is 92.5 cm³/mol. The Morgan fingerprint density at radius 1 is 0.727 bits per heavy atom. The molecule has 0 spiro atoms. The Hall–Kier alpha value is -1.64. The van der Waals surface area contributed by atoms with Crippen LogP contribution in [0.4, 0.5) is 0 Å². The van der Waals surface area contributed by atoms with Crippen LogP contribution in [0, 0.1) is 0 Å². The van der Waals surface area contributed by atoms with E-state index >= 15 is 0 Å². The molecule has 0 radical (unpaired) electrons. The molecule has 0 aliphatic heterocycles. The molecular formula is C20H28O2. The van der Waals surface area contributed by atoms with Crippen LogP contribution in [-0.4, -0.2) is 6.29 Å². The van der Waals surface area contributed by atoms with E-state index in [2.05, 4.69) is 31.2 Å².